The topological polar surface area (TPSA) is 93.8 Å². The maximum atomic E-state index is 10.8. The van der Waals surface area contributed by atoms with Gasteiger partial charge in [-0.2, -0.15) is 8.75 Å². The summed E-state index contributed by atoms with van der Waals surface area (Å²) in [6.45, 7) is 0. The number of benzene rings is 1. The van der Waals surface area contributed by atoms with E-state index in [9.17, 15) is 4.79 Å². The molecule has 0 atom stereocenters. The molecule has 2 aromatic heterocycles. The molecule has 0 amide bonds. The minimum Gasteiger partial charge on any atom is -0.476 e. The molecular weight excluding hydrogens is 313 g/mol. The van der Waals surface area contributed by atoms with E-state index in [1.165, 1.54) is 16.9 Å². The number of aromatic nitrogens is 5. The summed E-state index contributed by atoms with van der Waals surface area (Å²) in [6, 6.07) is 1.50. The van der Waals surface area contributed by atoms with E-state index in [4.69, 9.17) is 28.3 Å². The SMILES string of the molecule is O=C(O)c1cn(-c2c(Cl)cc(Cl)c3nsnc23)nn1. The van der Waals surface area contributed by atoms with E-state index in [1.54, 1.807) is 0 Å². The average molecular weight is 316 g/mol. The normalized spacial score (nSPS) is 11.1. The maximum absolute atomic E-state index is 10.8. The summed E-state index contributed by atoms with van der Waals surface area (Å²) in [7, 11) is 0. The van der Waals surface area contributed by atoms with E-state index in [0.29, 0.717) is 21.7 Å². The quantitative estimate of drug-likeness (QED) is 0.779. The molecule has 0 aliphatic carbocycles. The fourth-order valence-electron chi connectivity index (χ4n) is 1.55. The van der Waals surface area contributed by atoms with Crippen LogP contribution in [0.15, 0.2) is 12.3 Å². The van der Waals surface area contributed by atoms with Crippen molar-refractivity contribution in [1.82, 2.24) is 23.7 Å². The van der Waals surface area contributed by atoms with Crippen molar-refractivity contribution in [3.05, 3.63) is 28.0 Å². The molecule has 10 heteroatoms. The number of aromatic carboxylic acids is 1. The molecule has 0 fully saturated rings. The number of carboxylic acid groups (broad SMARTS) is 1. The second-order valence-corrected chi connectivity index (χ2v) is 4.85. The van der Waals surface area contributed by atoms with Crippen molar-refractivity contribution < 1.29 is 9.90 Å². The van der Waals surface area contributed by atoms with Crippen molar-refractivity contribution in [1.29, 1.82) is 0 Å². The summed E-state index contributed by atoms with van der Waals surface area (Å²) in [5.74, 6) is -1.18. The van der Waals surface area contributed by atoms with Gasteiger partial charge in [-0.25, -0.2) is 9.48 Å². The Hall–Kier alpha value is -1.77. The van der Waals surface area contributed by atoms with Gasteiger partial charge in [0.25, 0.3) is 0 Å². The van der Waals surface area contributed by atoms with E-state index < -0.39 is 5.97 Å². The Labute approximate surface area is 119 Å². The molecule has 0 radical (unpaired) electrons. The number of carbonyl (C=O) groups is 1. The van der Waals surface area contributed by atoms with Gasteiger partial charge in [-0.05, 0) is 6.07 Å². The molecule has 3 aromatic rings. The Morgan fingerprint density at radius 3 is 2.68 bits per heavy atom. The van der Waals surface area contributed by atoms with E-state index >= 15 is 0 Å². The van der Waals surface area contributed by atoms with E-state index in [2.05, 4.69) is 19.1 Å². The van der Waals surface area contributed by atoms with Crippen molar-refractivity contribution in [2.24, 2.45) is 0 Å². The predicted octanol–water partition coefficient (Wildman–Crippen LogP) is 2.28. The van der Waals surface area contributed by atoms with Gasteiger partial charge in [0.05, 0.1) is 28.0 Å². The van der Waals surface area contributed by atoms with Gasteiger partial charge in [0.15, 0.2) is 5.69 Å². The van der Waals surface area contributed by atoms with E-state index in [-0.39, 0.29) is 10.7 Å². The van der Waals surface area contributed by atoms with Crippen LogP contribution < -0.4 is 0 Å². The van der Waals surface area contributed by atoms with Gasteiger partial charge >= 0.3 is 5.97 Å². The molecule has 7 nitrogen and oxygen atoms in total. The van der Waals surface area contributed by atoms with Crippen molar-refractivity contribution >= 4 is 51.9 Å². The lowest BCUT2D eigenvalue weighted by atomic mass is 10.2. The maximum Gasteiger partial charge on any atom is 0.358 e. The van der Waals surface area contributed by atoms with Crippen LogP contribution in [0.4, 0.5) is 0 Å². The van der Waals surface area contributed by atoms with Gasteiger partial charge < -0.3 is 5.11 Å². The number of carboxylic acids is 1. The summed E-state index contributed by atoms with van der Waals surface area (Å²) in [5.41, 5.74) is 1.14. The first-order valence-corrected chi connectivity index (χ1v) is 6.33. The number of hydrogen-bond donors (Lipinski definition) is 1. The average Bonchev–Trinajstić information content (AvgIpc) is 2.97. The van der Waals surface area contributed by atoms with E-state index in [1.807, 2.05) is 0 Å². The van der Waals surface area contributed by atoms with E-state index in [0.717, 1.165) is 11.7 Å². The van der Waals surface area contributed by atoms with Crippen LogP contribution in [0.25, 0.3) is 16.7 Å². The molecule has 2 heterocycles. The third kappa shape index (κ3) is 1.93. The lowest BCUT2D eigenvalue weighted by Crippen LogP contribution is -1.98. The first kappa shape index (κ1) is 12.3. The standard InChI is InChI=1S/C9H3Cl2N5O2S/c10-3-1-4(11)8(7-6(3)13-19-14-7)16-2-5(9(17)18)12-15-16/h1-2H,(H,17,18). The smallest absolute Gasteiger partial charge is 0.358 e. The number of fused-ring (bicyclic) bond motifs is 1. The lowest BCUT2D eigenvalue weighted by molar-refractivity contribution is 0.0690. The lowest BCUT2D eigenvalue weighted by Gasteiger charge is -2.04. The van der Waals surface area contributed by atoms with Gasteiger partial charge in [-0.15, -0.1) is 5.10 Å². The summed E-state index contributed by atoms with van der Waals surface area (Å²) >= 11 is 13.1. The molecule has 0 spiro atoms. The molecule has 1 N–H and O–H groups in total. The molecule has 96 valence electrons. The molecule has 0 saturated heterocycles. The van der Waals surface area contributed by atoms with Gasteiger partial charge in [0.2, 0.25) is 0 Å². The highest BCUT2D eigenvalue weighted by Gasteiger charge is 2.18. The second kappa shape index (κ2) is 4.41. The molecule has 19 heavy (non-hydrogen) atoms. The zero-order valence-electron chi connectivity index (χ0n) is 8.91. The van der Waals surface area contributed by atoms with Crippen LogP contribution in [-0.4, -0.2) is 34.8 Å². The zero-order chi connectivity index (χ0) is 13.6. The Balaban J connectivity index is 2.29. The minimum atomic E-state index is -1.18. The number of rotatable bonds is 2. The highest BCUT2D eigenvalue weighted by Crippen LogP contribution is 2.33. The van der Waals surface area contributed by atoms with Crippen molar-refractivity contribution in [2.75, 3.05) is 0 Å². The largest absolute Gasteiger partial charge is 0.476 e. The molecule has 0 aliphatic rings. The Morgan fingerprint density at radius 1 is 1.26 bits per heavy atom. The van der Waals surface area contributed by atoms with Gasteiger partial charge in [-0.1, -0.05) is 28.4 Å². The first-order chi connectivity index (χ1) is 9.08. The second-order valence-electron chi connectivity index (χ2n) is 3.50. The van der Waals surface area contributed by atoms with Gasteiger partial charge in [0, 0.05) is 0 Å². The molecule has 1 aromatic carbocycles. The first-order valence-electron chi connectivity index (χ1n) is 4.84. The van der Waals surface area contributed by atoms with Crippen LogP contribution in [0, 0.1) is 0 Å². The number of halogens is 2. The summed E-state index contributed by atoms with van der Waals surface area (Å²) in [5, 5.41) is 16.7. The van der Waals surface area contributed by atoms with Gasteiger partial charge in [0.1, 0.15) is 16.7 Å². The summed E-state index contributed by atoms with van der Waals surface area (Å²) < 4.78 is 9.39. The highest BCUT2D eigenvalue weighted by atomic mass is 35.5. The molecule has 0 saturated carbocycles. The van der Waals surface area contributed by atoms with Crippen LogP contribution in [-0.2, 0) is 0 Å². The number of hydrogen-bond acceptors (Lipinski definition) is 6. The fraction of sp³-hybridized carbons (Fsp3) is 0. The molecule has 0 bridgehead atoms. The molecule has 3 rings (SSSR count). The highest BCUT2D eigenvalue weighted by molar-refractivity contribution is 7.00. The monoisotopic (exact) mass is 315 g/mol. The van der Waals surface area contributed by atoms with Crippen molar-refractivity contribution in [3.63, 3.8) is 0 Å². The Morgan fingerprint density at radius 2 is 2.00 bits per heavy atom. The molecule has 0 aliphatic heterocycles. The predicted molar refractivity (Wildman–Crippen MR) is 69.3 cm³/mol. The fourth-order valence-corrected chi connectivity index (χ4v) is 2.74. The van der Waals surface area contributed by atoms with Crippen molar-refractivity contribution in [2.45, 2.75) is 0 Å². The van der Waals surface area contributed by atoms with Crippen LogP contribution >= 0.6 is 34.9 Å². The minimum absolute atomic E-state index is 0.192. The molecule has 0 unspecified atom stereocenters. The summed E-state index contributed by atoms with van der Waals surface area (Å²) in [6.07, 6.45) is 1.25. The Kier molecular flexibility index (Phi) is 2.85. The van der Waals surface area contributed by atoms with Crippen LogP contribution in [0.5, 0.6) is 0 Å². The van der Waals surface area contributed by atoms with Crippen LogP contribution in [0.1, 0.15) is 10.5 Å². The van der Waals surface area contributed by atoms with Crippen LogP contribution in [0.2, 0.25) is 10.0 Å². The Bertz CT molecular complexity index is 799. The van der Waals surface area contributed by atoms with Crippen molar-refractivity contribution in [3.8, 4) is 5.69 Å². The molecular formula is C9H3Cl2N5O2S. The number of nitrogens with zero attached hydrogens (tertiary/aromatic N) is 5. The van der Waals surface area contributed by atoms with Crippen LogP contribution in [0.3, 0.4) is 0 Å². The third-order valence-corrected chi connectivity index (χ3v) is 3.47. The van der Waals surface area contributed by atoms with Gasteiger partial charge in [-0.3, -0.25) is 0 Å². The zero-order valence-corrected chi connectivity index (χ0v) is 11.2. The summed E-state index contributed by atoms with van der Waals surface area (Å²) in [4.78, 5) is 10.8. The third-order valence-electron chi connectivity index (χ3n) is 2.36.